The number of aliphatic imine (C=N–C) groups is 1. The molecule has 0 fully saturated rings. The number of rotatable bonds is 3. The molecule has 1 aromatic rings. The van der Waals surface area contributed by atoms with E-state index in [2.05, 4.69) is 16.8 Å². The number of anilines is 1. The van der Waals surface area contributed by atoms with Gasteiger partial charge in [-0.25, -0.2) is 14.7 Å². The minimum absolute atomic E-state index is 0.289. The Morgan fingerprint density at radius 2 is 2.19 bits per heavy atom. The summed E-state index contributed by atoms with van der Waals surface area (Å²) in [5.74, 6) is -0.289. The molecule has 1 N–H and O–H groups in total. The van der Waals surface area contributed by atoms with Gasteiger partial charge in [0.15, 0.2) is 0 Å². The number of amides is 1. The first kappa shape index (κ1) is 16.9. The molecule has 0 aliphatic heterocycles. The molecule has 0 aliphatic rings. The minimum atomic E-state index is -0.668. The lowest BCUT2D eigenvalue weighted by molar-refractivity contribution is 0.0603. The van der Waals surface area contributed by atoms with Gasteiger partial charge in [0.25, 0.3) is 0 Å². The molecule has 1 amide bonds. The molecule has 21 heavy (non-hydrogen) atoms. The van der Waals surface area contributed by atoms with E-state index in [9.17, 15) is 4.79 Å². The second-order valence-corrected chi connectivity index (χ2v) is 5.64. The van der Waals surface area contributed by atoms with Gasteiger partial charge in [0.05, 0.1) is 17.6 Å². The highest BCUT2D eigenvalue weighted by Crippen LogP contribution is 2.23. The first-order valence-corrected chi connectivity index (χ1v) is 6.82. The number of hydrogen-bond acceptors (Lipinski definition) is 4. The van der Waals surface area contributed by atoms with Gasteiger partial charge in [0.1, 0.15) is 5.60 Å². The van der Waals surface area contributed by atoms with Crippen LogP contribution in [-0.2, 0) is 11.3 Å². The number of aryl methyl sites for hydroxylation is 1. The highest BCUT2D eigenvalue weighted by atomic mass is 16.6. The molecule has 0 unspecified atom stereocenters. The largest absolute Gasteiger partial charge is 0.443 e. The SMILES string of the molecule is C=NC(=N)N(C(=O)OC(C)(C)C)c1cnn(CCC)c1C. The third-order valence-corrected chi connectivity index (χ3v) is 2.69. The Labute approximate surface area is 125 Å². The maximum atomic E-state index is 12.3. The number of guanidine groups is 1. The normalized spacial score (nSPS) is 11.1. The van der Waals surface area contributed by atoms with Crippen molar-refractivity contribution in [3.63, 3.8) is 0 Å². The number of hydrogen-bond donors (Lipinski definition) is 1. The van der Waals surface area contributed by atoms with Crippen LogP contribution in [0.15, 0.2) is 11.2 Å². The van der Waals surface area contributed by atoms with Crippen LogP contribution < -0.4 is 4.90 Å². The number of carbonyl (C=O) groups is 1. The lowest BCUT2D eigenvalue weighted by atomic mass is 10.2. The molecule has 0 spiro atoms. The number of nitrogens with one attached hydrogen (secondary N) is 1. The summed E-state index contributed by atoms with van der Waals surface area (Å²) in [5.41, 5.74) is 0.593. The van der Waals surface area contributed by atoms with Crippen molar-refractivity contribution in [3.05, 3.63) is 11.9 Å². The lowest BCUT2D eigenvalue weighted by Gasteiger charge is -2.25. The average Bonchev–Trinajstić information content (AvgIpc) is 2.70. The van der Waals surface area contributed by atoms with Crippen LogP contribution in [0.1, 0.15) is 39.8 Å². The van der Waals surface area contributed by atoms with E-state index in [1.165, 1.54) is 6.20 Å². The highest BCUT2D eigenvalue weighted by Gasteiger charge is 2.29. The van der Waals surface area contributed by atoms with Gasteiger partial charge in [-0.15, -0.1) is 0 Å². The van der Waals surface area contributed by atoms with E-state index in [1.54, 1.807) is 25.5 Å². The molecule has 7 heteroatoms. The number of aromatic nitrogens is 2. The molecule has 7 nitrogen and oxygen atoms in total. The number of nitrogens with zero attached hydrogens (tertiary/aromatic N) is 4. The fourth-order valence-corrected chi connectivity index (χ4v) is 1.77. The first-order valence-electron chi connectivity index (χ1n) is 6.82. The van der Waals surface area contributed by atoms with Gasteiger partial charge < -0.3 is 4.74 Å². The fraction of sp³-hybridized carbons (Fsp3) is 0.571. The van der Waals surface area contributed by atoms with Gasteiger partial charge in [-0.1, -0.05) is 6.92 Å². The van der Waals surface area contributed by atoms with E-state index in [-0.39, 0.29) is 5.96 Å². The van der Waals surface area contributed by atoms with E-state index in [0.29, 0.717) is 5.69 Å². The molecule has 0 bridgehead atoms. The molecule has 0 saturated heterocycles. The van der Waals surface area contributed by atoms with Crippen molar-refractivity contribution in [1.82, 2.24) is 9.78 Å². The molecule has 0 aromatic carbocycles. The first-order chi connectivity index (χ1) is 9.71. The molecule has 116 valence electrons. The Kier molecular flexibility index (Phi) is 5.23. The van der Waals surface area contributed by atoms with Crippen LogP contribution in [0.4, 0.5) is 10.5 Å². The summed E-state index contributed by atoms with van der Waals surface area (Å²) in [7, 11) is 0. The predicted octanol–water partition coefficient (Wildman–Crippen LogP) is 2.98. The van der Waals surface area contributed by atoms with E-state index in [0.717, 1.165) is 23.6 Å². The quantitative estimate of drug-likeness (QED) is 0.687. The van der Waals surface area contributed by atoms with Crippen molar-refractivity contribution < 1.29 is 9.53 Å². The average molecular weight is 293 g/mol. The van der Waals surface area contributed by atoms with E-state index >= 15 is 0 Å². The van der Waals surface area contributed by atoms with Crippen LogP contribution in [0.3, 0.4) is 0 Å². The van der Waals surface area contributed by atoms with Gasteiger partial charge in [0.2, 0.25) is 5.96 Å². The zero-order valence-electron chi connectivity index (χ0n) is 13.3. The van der Waals surface area contributed by atoms with Crippen LogP contribution in [0.5, 0.6) is 0 Å². The molecule has 1 rings (SSSR count). The van der Waals surface area contributed by atoms with E-state index < -0.39 is 11.7 Å². The summed E-state index contributed by atoms with van der Waals surface area (Å²) in [4.78, 5) is 16.9. The van der Waals surface area contributed by atoms with Crippen molar-refractivity contribution in [2.45, 2.75) is 53.2 Å². The van der Waals surface area contributed by atoms with Crippen LogP contribution in [0.2, 0.25) is 0 Å². The third-order valence-electron chi connectivity index (χ3n) is 2.69. The summed E-state index contributed by atoms with van der Waals surface area (Å²) in [6.45, 7) is 13.2. The summed E-state index contributed by atoms with van der Waals surface area (Å²) < 4.78 is 7.10. The zero-order chi connectivity index (χ0) is 16.2. The molecule has 0 atom stereocenters. The van der Waals surface area contributed by atoms with E-state index in [4.69, 9.17) is 10.1 Å². The summed E-state index contributed by atoms with van der Waals surface area (Å²) in [6, 6.07) is 0. The Morgan fingerprint density at radius 1 is 1.57 bits per heavy atom. The molecular weight excluding hydrogens is 270 g/mol. The molecular formula is C14H23N5O2. The predicted molar refractivity (Wildman–Crippen MR) is 83.2 cm³/mol. The zero-order valence-corrected chi connectivity index (χ0v) is 13.3. The van der Waals surface area contributed by atoms with Gasteiger partial charge in [-0.2, -0.15) is 5.10 Å². The van der Waals surface area contributed by atoms with Crippen molar-refractivity contribution in [3.8, 4) is 0 Å². The summed E-state index contributed by atoms with van der Waals surface area (Å²) >= 11 is 0. The minimum Gasteiger partial charge on any atom is -0.443 e. The van der Waals surface area contributed by atoms with Crippen molar-refractivity contribution >= 4 is 24.5 Å². The summed E-state index contributed by atoms with van der Waals surface area (Å²) in [6.07, 6.45) is 1.79. The Morgan fingerprint density at radius 3 is 2.67 bits per heavy atom. The van der Waals surface area contributed by atoms with Gasteiger partial charge >= 0.3 is 6.09 Å². The fourth-order valence-electron chi connectivity index (χ4n) is 1.77. The third kappa shape index (κ3) is 4.14. The molecule has 0 saturated carbocycles. The van der Waals surface area contributed by atoms with E-state index in [1.807, 2.05) is 13.8 Å². The Balaban J connectivity index is 3.17. The lowest BCUT2D eigenvalue weighted by Crippen LogP contribution is -2.40. The maximum Gasteiger partial charge on any atom is 0.422 e. The monoisotopic (exact) mass is 293 g/mol. The van der Waals surface area contributed by atoms with Crippen LogP contribution >= 0.6 is 0 Å². The Bertz CT molecular complexity index is 542. The molecule has 0 aliphatic carbocycles. The van der Waals surface area contributed by atoms with Gasteiger partial charge in [0, 0.05) is 6.54 Å². The molecule has 1 aromatic heterocycles. The second-order valence-electron chi connectivity index (χ2n) is 5.64. The number of carbonyl (C=O) groups excluding carboxylic acids is 1. The topological polar surface area (TPSA) is 83.6 Å². The van der Waals surface area contributed by atoms with Crippen LogP contribution in [0, 0.1) is 12.3 Å². The molecule has 0 radical (unpaired) electrons. The van der Waals surface area contributed by atoms with Gasteiger partial charge in [-0.3, -0.25) is 10.1 Å². The van der Waals surface area contributed by atoms with Crippen molar-refractivity contribution in [1.29, 1.82) is 5.41 Å². The number of ether oxygens (including phenoxy) is 1. The van der Waals surface area contributed by atoms with Crippen LogP contribution in [-0.4, -0.2) is 34.2 Å². The molecule has 1 heterocycles. The smallest absolute Gasteiger partial charge is 0.422 e. The van der Waals surface area contributed by atoms with Crippen LogP contribution in [0.25, 0.3) is 0 Å². The standard InChI is InChI=1S/C14H23N5O2/c1-7-8-18-10(2)11(9-17-18)19(12(15)16-6)13(20)21-14(3,4)5/h9,15H,6-8H2,1-5H3. The van der Waals surface area contributed by atoms with Crippen molar-refractivity contribution in [2.24, 2.45) is 4.99 Å². The van der Waals surface area contributed by atoms with Crippen molar-refractivity contribution in [2.75, 3.05) is 4.90 Å². The van der Waals surface area contributed by atoms with Gasteiger partial charge in [-0.05, 0) is 40.8 Å². The Hall–Kier alpha value is -2.18. The second kappa shape index (κ2) is 6.51. The summed E-state index contributed by atoms with van der Waals surface area (Å²) in [5, 5.41) is 12.1. The highest BCUT2D eigenvalue weighted by molar-refractivity contribution is 6.14. The maximum absolute atomic E-state index is 12.3.